The summed E-state index contributed by atoms with van der Waals surface area (Å²) < 4.78 is 0. The highest BCUT2D eigenvalue weighted by molar-refractivity contribution is 5.68. The van der Waals surface area contributed by atoms with Gasteiger partial charge in [0.25, 0.3) is 0 Å². The van der Waals surface area contributed by atoms with E-state index in [-0.39, 0.29) is 0 Å². The highest BCUT2D eigenvalue weighted by Gasteiger charge is 2.01. The van der Waals surface area contributed by atoms with Crippen molar-refractivity contribution in [3.05, 3.63) is 83.4 Å². The van der Waals surface area contributed by atoms with Gasteiger partial charge in [0.05, 0.1) is 0 Å². The summed E-state index contributed by atoms with van der Waals surface area (Å²) >= 11 is 0. The number of hydrogen-bond donors (Lipinski definition) is 2. The van der Waals surface area contributed by atoms with Gasteiger partial charge >= 0.3 is 0 Å². The van der Waals surface area contributed by atoms with Gasteiger partial charge < -0.3 is 10.6 Å². The number of benzene rings is 3. The average Bonchev–Trinajstić information content (AvgIpc) is 2.54. The lowest BCUT2D eigenvalue weighted by Crippen LogP contribution is -1.95. The first-order valence-corrected chi connectivity index (χ1v) is 7.89. The van der Waals surface area contributed by atoms with Crippen LogP contribution in [-0.2, 0) is 0 Å². The number of anilines is 4. The van der Waals surface area contributed by atoms with Gasteiger partial charge in [-0.05, 0) is 79.9 Å². The van der Waals surface area contributed by atoms with Gasteiger partial charge in [-0.2, -0.15) is 0 Å². The molecule has 2 N–H and O–H groups in total. The molecule has 0 radical (unpaired) electrons. The van der Waals surface area contributed by atoms with Crippen LogP contribution in [0.3, 0.4) is 0 Å². The Bertz CT molecular complexity index is 804. The fourth-order valence-corrected chi connectivity index (χ4v) is 2.57. The number of nitrogens with one attached hydrogen (secondary N) is 2. The molecule has 0 saturated carbocycles. The maximum absolute atomic E-state index is 3.49. The molecule has 0 saturated heterocycles. The third-order valence-electron chi connectivity index (χ3n) is 4.08. The van der Waals surface area contributed by atoms with E-state index >= 15 is 0 Å². The minimum atomic E-state index is 1.09. The van der Waals surface area contributed by atoms with E-state index in [1.165, 1.54) is 16.7 Å². The van der Waals surface area contributed by atoms with Gasteiger partial charge in [0, 0.05) is 22.7 Å². The molecule has 0 fully saturated rings. The number of rotatable bonds is 4. The molecule has 0 spiro atoms. The van der Waals surface area contributed by atoms with Gasteiger partial charge in [0.2, 0.25) is 0 Å². The first-order chi connectivity index (χ1) is 11.1. The lowest BCUT2D eigenvalue weighted by molar-refractivity contribution is 1.33. The van der Waals surface area contributed by atoms with E-state index in [1.54, 1.807) is 0 Å². The Hall–Kier alpha value is -2.74. The van der Waals surface area contributed by atoms with Crippen molar-refractivity contribution in [2.24, 2.45) is 0 Å². The topological polar surface area (TPSA) is 24.1 Å². The second kappa shape index (κ2) is 6.57. The van der Waals surface area contributed by atoms with Crippen molar-refractivity contribution in [1.29, 1.82) is 0 Å². The van der Waals surface area contributed by atoms with Crippen molar-refractivity contribution in [2.75, 3.05) is 10.6 Å². The third kappa shape index (κ3) is 3.72. The van der Waals surface area contributed by atoms with Crippen LogP contribution < -0.4 is 10.6 Å². The van der Waals surface area contributed by atoms with Crippen molar-refractivity contribution < 1.29 is 0 Å². The average molecular weight is 302 g/mol. The summed E-state index contributed by atoms with van der Waals surface area (Å²) in [5, 5.41) is 6.91. The summed E-state index contributed by atoms with van der Waals surface area (Å²) in [6.07, 6.45) is 0. The molecule has 0 heterocycles. The van der Waals surface area contributed by atoms with Crippen molar-refractivity contribution in [2.45, 2.75) is 20.8 Å². The van der Waals surface area contributed by atoms with E-state index in [0.29, 0.717) is 0 Å². The van der Waals surface area contributed by atoms with Crippen LogP contribution in [0.15, 0.2) is 66.7 Å². The number of hydrogen-bond acceptors (Lipinski definition) is 2. The second-order valence-corrected chi connectivity index (χ2v) is 5.94. The van der Waals surface area contributed by atoms with Gasteiger partial charge in [0.15, 0.2) is 0 Å². The molecule has 0 amide bonds. The van der Waals surface area contributed by atoms with Gasteiger partial charge in [-0.3, -0.25) is 0 Å². The molecule has 0 unspecified atom stereocenters. The molecule has 0 aliphatic rings. The van der Waals surface area contributed by atoms with Crippen LogP contribution in [0.25, 0.3) is 0 Å². The van der Waals surface area contributed by atoms with Crippen LogP contribution in [0.5, 0.6) is 0 Å². The van der Waals surface area contributed by atoms with Crippen LogP contribution in [0.4, 0.5) is 22.7 Å². The SMILES string of the molecule is Cc1cccc(Nc2ccc(Nc3cccc(C)c3C)cc2)c1. The Kier molecular flexibility index (Phi) is 4.33. The molecule has 2 nitrogen and oxygen atoms in total. The normalized spacial score (nSPS) is 10.4. The summed E-state index contributed by atoms with van der Waals surface area (Å²) in [6.45, 7) is 6.38. The van der Waals surface area contributed by atoms with Crippen molar-refractivity contribution in [1.82, 2.24) is 0 Å². The zero-order valence-electron chi connectivity index (χ0n) is 13.9. The largest absolute Gasteiger partial charge is 0.356 e. The quantitative estimate of drug-likeness (QED) is 0.608. The number of aryl methyl sites for hydroxylation is 2. The Labute approximate surface area is 138 Å². The van der Waals surface area contributed by atoms with E-state index in [4.69, 9.17) is 0 Å². The molecular weight excluding hydrogens is 280 g/mol. The predicted molar refractivity (Wildman–Crippen MR) is 100 cm³/mol. The summed E-state index contributed by atoms with van der Waals surface area (Å²) in [4.78, 5) is 0. The summed E-state index contributed by atoms with van der Waals surface area (Å²) in [7, 11) is 0. The molecule has 0 bridgehead atoms. The van der Waals surface area contributed by atoms with Crippen LogP contribution in [0.1, 0.15) is 16.7 Å². The monoisotopic (exact) mass is 302 g/mol. The summed E-state index contributed by atoms with van der Waals surface area (Å²) in [5.41, 5.74) is 8.28. The maximum atomic E-state index is 3.49. The summed E-state index contributed by atoms with van der Waals surface area (Å²) in [5.74, 6) is 0. The molecule has 0 atom stereocenters. The highest BCUT2D eigenvalue weighted by atomic mass is 14.9. The zero-order valence-corrected chi connectivity index (χ0v) is 13.9. The van der Waals surface area contributed by atoms with Crippen LogP contribution in [0, 0.1) is 20.8 Å². The van der Waals surface area contributed by atoms with Gasteiger partial charge in [-0.15, -0.1) is 0 Å². The molecule has 2 heteroatoms. The molecule has 0 aliphatic heterocycles. The van der Waals surface area contributed by atoms with Crippen LogP contribution in [0.2, 0.25) is 0 Å². The molecule has 3 aromatic rings. The second-order valence-electron chi connectivity index (χ2n) is 5.94. The van der Waals surface area contributed by atoms with Gasteiger partial charge in [0.1, 0.15) is 0 Å². The first kappa shape index (κ1) is 15.2. The Morgan fingerprint density at radius 2 is 1.26 bits per heavy atom. The highest BCUT2D eigenvalue weighted by Crippen LogP contribution is 2.25. The molecule has 0 aliphatic carbocycles. The Morgan fingerprint density at radius 3 is 1.96 bits per heavy atom. The first-order valence-electron chi connectivity index (χ1n) is 7.89. The predicted octanol–water partition coefficient (Wildman–Crippen LogP) is 6.10. The van der Waals surface area contributed by atoms with Crippen LogP contribution in [-0.4, -0.2) is 0 Å². The standard InChI is InChI=1S/C21H22N2/c1-15-6-4-8-20(14-15)22-18-10-12-19(13-11-18)23-21-9-5-7-16(2)17(21)3/h4-14,22-23H,1-3H3. The molecule has 3 aromatic carbocycles. The lowest BCUT2D eigenvalue weighted by Gasteiger charge is -2.12. The van der Waals surface area contributed by atoms with Gasteiger partial charge in [-0.25, -0.2) is 0 Å². The molecular formula is C21H22N2. The fraction of sp³-hybridized carbons (Fsp3) is 0.143. The maximum Gasteiger partial charge on any atom is 0.0416 e. The minimum absolute atomic E-state index is 1.09. The van der Waals surface area contributed by atoms with E-state index < -0.39 is 0 Å². The van der Waals surface area contributed by atoms with E-state index in [9.17, 15) is 0 Å². The molecule has 23 heavy (non-hydrogen) atoms. The third-order valence-corrected chi connectivity index (χ3v) is 4.08. The lowest BCUT2D eigenvalue weighted by atomic mass is 10.1. The van der Waals surface area contributed by atoms with E-state index in [0.717, 1.165) is 22.7 Å². The zero-order chi connectivity index (χ0) is 16.2. The van der Waals surface area contributed by atoms with Crippen molar-refractivity contribution in [3.63, 3.8) is 0 Å². The minimum Gasteiger partial charge on any atom is -0.356 e. The molecule has 116 valence electrons. The molecule has 0 aromatic heterocycles. The van der Waals surface area contributed by atoms with Gasteiger partial charge in [-0.1, -0.05) is 24.3 Å². The fourth-order valence-electron chi connectivity index (χ4n) is 2.57. The van der Waals surface area contributed by atoms with E-state index in [1.807, 2.05) is 0 Å². The van der Waals surface area contributed by atoms with Crippen molar-refractivity contribution in [3.8, 4) is 0 Å². The summed E-state index contributed by atoms with van der Waals surface area (Å²) in [6, 6.07) is 23.1. The Balaban J connectivity index is 1.73. The smallest absolute Gasteiger partial charge is 0.0416 e. The van der Waals surface area contributed by atoms with Crippen molar-refractivity contribution >= 4 is 22.7 Å². The molecule has 3 rings (SSSR count). The van der Waals surface area contributed by atoms with Crippen LogP contribution >= 0.6 is 0 Å². The Morgan fingerprint density at radius 1 is 0.609 bits per heavy atom. The van der Waals surface area contributed by atoms with E-state index in [2.05, 4.69) is 98.1 Å².